The summed E-state index contributed by atoms with van der Waals surface area (Å²) in [5.41, 5.74) is 2.79. The number of aromatic nitrogens is 2. The van der Waals surface area contributed by atoms with Crippen LogP contribution in [-0.4, -0.2) is 20.9 Å². The Kier molecular flexibility index (Phi) is 5.49. The monoisotopic (exact) mass is 415 g/mol. The van der Waals surface area contributed by atoms with Crippen LogP contribution in [-0.2, 0) is 4.79 Å². The van der Waals surface area contributed by atoms with Crippen molar-refractivity contribution in [2.45, 2.75) is 4.84 Å². The van der Waals surface area contributed by atoms with E-state index >= 15 is 0 Å². The third-order valence-corrected chi connectivity index (χ3v) is 4.30. The lowest BCUT2D eigenvalue weighted by Crippen LogP contribution is -2.18. The van der Waals surface area contributed by atoms with Crippen LogP contribution in [0.3, 0.4) is 0 Å². The normalized spacial score (nSPS) is 10.9. The number of anilines is 1. The minimum Gasteiger partial charge on any atom is -0.363 e. The summed E-state index contributed by atoms with van der Waals surface area (Å²) in [6.45, 7) is 0. The molecule has 0 radical (unpaired) electrons. The van der Waals surface area contributed by atoms with Gasteiger partial charge in [-0.1, -0.05) is 63.7 Å². The molecule has 128 valence electrons. The Labute approximate surface area is 162 Å². The molecule has 0 saturated carbocycles. The Hall–Kier alpha value is -1.79. The van der Waals surface area contributed by atoms with E-state index in [2.05, 4.69) is 15.5 Å². The number of carbonyl (C=O) groups excluding carboxylic acids is 1. The molecule has 0 atom stereocenters. The number of carbonyl (C=O) groups is 1. The highest BCUT2D eigenvalue weighted by atomic mass is 35.5. The van der Waals surface area contributed by atoms with E-state index in [0.29, 0.717) is 27.5 Å². The molecule has 5 nitrogen and oxygen atoms in total. The van der Waals surface area contributed by atoms with Gasteiger partial charge in [-0.3, -0.25) is 4.79 Å². The second-order valence-electron chi connectivity index (χ2n) is 4.91. The zero-order valence-corrected chi connectivity index (χ0v) is 15.4. The second kappa shape index (κ2) is 7.62. The Morgan fingerprint density at radius 1 is 1.20 bits per heavy atom. The fourth-order valence-electron chi connectivity index (χ4n) is 2.21. The Morgan fingerprint density at radius 2 is 2.00 bits per heavy atom. The molecule has 3 rings (SSSR count). The van der Waals surface area contributed by atoms with E-state index in [9.17, 15) is 4.79 Å². The van der Waals surface area contributed by atoms with Crippen LogP contribution >= 0.6 is 46.4 Å². The molecule has 0 saturated heterocycles. The first-order valence-electron chi connectivity index (χ1n) is 6.91. The first kappa shape index (κ1) is 18.0. The summed E-state index contributed by atoms with van der Waals surface area (Å²) in [5, 5.41) is 7.20. The molecule has 2 aromatic heterocycles. The van der Waals surface area contributed by atoms with E-state index in [4.69, 9.17) is 50.9 Å². The lowest BCUT2D eigenvalue weighted by atomic mass is 10.0. The lowest BCUT2D eigenvalue weighted by Gasteiger charge is -2.08. The molecule has 0 aliphatic carbocycles. The fraction of sp³-hybridized carbons (Fsp3) is 0.0625. The molecular weight excluding hydrogens is 408 g/mol. The zero-order chi connectivity index (χ0) is 18.0. The largest absolute Gasteiger partial charge is 0.363 e. The first-order valence-corrected chi connectivity index (χ1v) is 8.54. The molecule has 0 unspecified atom stereocenters. The summed E-state index contributed by atoms with van der Waals surface area (Å²) in [6.07, 6.45) is 2.96. The molecule has 0 spiro atoms. The number of pyridine rings is 1. The highest BCUT2D eigenvalue weighted by Crippen LogP contribution is 2.38. The van der Waals surface area contributed by atoms with Gasteiger partial charge in [0.05, 0.1) is 10.6 Å². The van der Waals surface area contributed by atoms with Gasteiger partial charge >= 0.3 is 0 Å². The number of hydrogen-bond donors (Lipinski definition) is 1. The first-order chi connectivity index (χ1) is 12.0. The minimum atomic E-state index is -1.16. The molecule has 2 heterocycles. The van der Waals surface area contributed by atoms with Crippen LogP contribution in [0.1, 0.15) is 0 Å². The van der Waals surface area contributed by atoms with Gasteiger partial charge in [-0.2, -0.15) is 0 Å². The molecule has 0 aliphatic rings. The molecule has 1 aromatic carbocycles. The summed E-state index contributed by atoms with van der Waals surface area (Å²) in [7, 11) is 0. The Morgan fingerprint density at radius 3 is 2.72 bits per heavy atom. The number of amides is 1. The van der Waals surface area contributed by atoms with Gasteiger partial charge in [-0.25, -0.2) is 4.98 Å². The average Bonchev–Trinajstić information content (AvgIpc) is 3.04. The van der Waals surface area contributed by atoms with Gasteiger partial charge in [0, 0.05) is 17.4 Å². The van der Waals surface area contributed by atoms with Crippen molar-refractivity contribution in [2.24, 2.45) is 0 Å². The summed E-state index contributed by atoms with van der Waals surface area (Å²) in [5.74, 6) is -0.524. The Bertz CT molecular complexity index is 907. The van der Waals surface area contributed by atoms with E-state index in [-0.39, 0.29) is 5.15 Å². The fourth-order valence-corrected chi connectivity index (χ4v) is 2.85. The van der Waals surface area contributed by atoms with E-state index in [1.165, 1.54) is 12.5 Å². The second-order valence-corrected chi connectivity index (χ2v) is 6.77. The predicted octanol–water partition coefficient (Wildman–Crippen LogP) is 5.45. The van der Waals surface area contributed by atoms with Crippen LogP contribution in [0, 0.1) is 0 Å². The predicted molar refractivity (Wildman–Crippen MR) is 99.3 cm³/mol. The van der Waals surface area contributed by atoms with Crippen LogP contribution in [0.25, 0.3) is 22.4 Å². The number of benzene rings is 1. The van der Waals surface area contributed by atoms with Gasteiger partial charge in [-0.05, 0) is 23.8 Å². The molecule has 1 amide bonds. The number of hydrogen-bond acceptors (Lipinski definition) is 4. The van der Waals surface area contributed by atoms with E-state index < -0.39 is 10.7 Å². The highest BCUT2D eigenvalue weighted by Gasteiger charge is 2.19. The molecule has 1 N–H and O–H groups in total. The van der Waals surface area contributed by atoms with Crippen molar-refractivity contribution < 1.29 is 9.32 Å². The van der Waals surface area contributed by atoms with Gasteiger partial charge in [0.2, 0.25) is 0 Å². The zero-order valence-electron chi connectivity index (χ0n) is 12.3. The van der Waals surface area contributed by atoms with Gasteiger partial charge in [0.1, 0.15) is 17.1 Å². The molecule has 0 aliphatic heterocycles. The topological polar surface area (TPSA) is 68.0 Å². The minimum absolute atomic E-state index is 0.208. The van der Waals surface area contributed by atoms with Crippen LogP contribution in [0.2, 0.25) is 10.2 Å². The van der Waals surface area contributed by atoms with Gasteiger partial charge in [0.25, 0.3) is 5.91 Å². The van der Waals surface area contributed by atoms with Crippen LogP contribution < -0.4 is 5.32 Å². The summed E-state index contributed by atoms with van der Waals surface area (Å²) >= 11 is 23.5. The van der Waals surface area contributed by atoms with Crippen molar-refractivity contribution in [3.05, 3.63) is 53.0 Å². The Balaban J connectivity index is 2.02. The molecule has 0 fully saturated rings. The van der Waals surface area contributed by atoms with E-state index in [1.54, 1.807) is 24.3 Å². The van der Waals surface area contributed by atoms with Crippen molar-refractivity contribution in [3.63, 3.8) is 0 Å². The lowest BCUT2D eigenvalue weighted by molar-refractivity contribution is -0.114. The number of halogens is 4. The van der Waals surface area contributed by atoms with Crippen LogP contribution in [0.4, 0.5) is 5.69 Å². The molecule has 9 heteroatoms. The van der Waals surface area contributed by atoms with E-state index in [0.717, 1.165) is 5.56 Å². The van der Waals surface area contributed by atoms with Gasteiger partial charge in [-0.15, -0.1) is 0 Å². The number of nitrogens with zero attached hydrogens (tertiary/aromatic N) is 2. The standard InChI is InChI=1S/C16H9Cl4N3O2/c17-11-4-5-21-15(20)12(11)13-10(7-25-23-13)8-2-1-3-9(6-8)22-16(24)14(18)19/h1-7,14H,(H,22,24). The quantitative estimate of drug-likeness (QED) is 0.453. The van der Waals surface area contributed by atoms with Crippen molar-refractivity contribution in [2.75, 3.05) is 5.32 Å². The average molecular weight is 417 g/mol. The summed E-state index contributed by atoms with van der Waals surface area (Å²) in [6, 6.07) is 8.62. The number of alkyl halides is 2. The van der Waals surface area contributed by atoms with Crippen molar-refractivity contribution in [3.8, 4) is 22.4 Å². The SMILES string of the molecule is O=C(Nc1cccc(-c2conc2-c2c(Cl)ccnc2Cl)c1)C(Cl)Cl. The third-order valence-electron chi connectivity index (χ3n) is 3.30. The van der Waals surface area contributed by atoms with Gasteiger partial charge in [0.15, 0.2) is 4.84 Å². The summed E-state index contributed by atoms with van der Waals surface area (Å²) in [4.78, 5) is 14.5. The molecular formula is C16H9Cl4N3O2. The third kappa shape index (κ3) is 3.90. The van der Waals surface area contributed by atoms with Crippen LogP contribution in [0.15, 0.2) is 47.3 Å². The van der Waals surface area contributed by atoms with Crippen molar-refractivity contribution >= 4 is 58.0 Å². The maximum absolute atomic E-state index is 11.6. The maximum Gasteiger partial charge on any atom is 0.257 e. The smallest absolute Gasteiger partial charge is 0.257 e. The van der Waals surface area contributed by atoms with Crippen molar-refractivity contribution in [1.82, 2.24) is 10.1 Å². The highest BCUT2D eigenvalue weighted by molar-refractivity contribution is 6.54. The molecule has 0 bridgehead atoms. The van der Waals surface area contributed by atoms with E-state index in [1.807, 2.05) is 6.07 Å². The number of nitrogens with one attached hydrogen (secondary N) is 1. The van der Waals surface area contributed by atoms with Crippen molar-refractivity contribution in [1.29, 1.82) is 0 Å². The number of rotatable bonds is 4. The molecule has 25 heavy (non-hydrogen) atoms. The summed E-state index contributed by atoms with van der Waals surface area (Å²) < 4.78 is 5.10. The van der Waals surface area contributed by atoms with Gasteiger partial charge < -0.3 is 9.84 Å². The van der Waals surface area contributed by atoms with Crippen LogP contribution in [0.5, 0.6) is 0 Å². The molecule has 3 aromatic rings. The maximum atomic E-state index is 11.6.